The second-order valence-corrected chi connectivity index (χ2v) is 3.89. The van der Waals surface area contributed by atoms with Gasteiger partial charge in [-0.25, -0.2) is 4.79 Å². The highest BCUT2D eigenvalue weighted by atomic mass is 16.5. The zero-order chi connectivity index (χ0) is 10.6. The van der Waals surface area contributed by atoms with Crippen molar-refractivity contribution in [3.05, 3.63) is 0 Å². The minimum Gasteiger partial charge on any atom is -0.467 e. The quantitative estimate of drug-likeness (QED) is 0.669. The first-order valence-corrected chi connectivity index (χ1v) is 5.11. The number of methoxy groups -OCH3 is 1. The summed E-state index contributed by atoms with van der Waals surface area (Å²) in [5.74, 6) is -0.523. The molecule has 1 aliphatic heterocycles. The molecule has 4 heteroatoms. The van der Waals surface area contributed by atoms with Gasteiger partial charge in [0.1, 0.15) is 0 Å². The van der Waals surface area contributed by atoms with Crippen molar-refractivity contribution in [2.45, 2.75) is 37.8 Å². The van der Waals surface area contributed by atoms with Crippen LogP contribution in [-0.2, 0) is 9.53 Å². The van der Waals surface area contributed by atoms with Gasteiger partial charge in [0.15, 0.2) is 6.10 Å². The number of hydrogen-bond donors (Lipinski definition) is 1. The summed E-state index contributed by atoms with van der Waals surface area (Å²) in [5, 5.41) is 9.37. The number of nitrogens with zero attached hydrogens (tertiary/aromatic N) is 1. The molecule has 0 aromatic carbocycles. The summed E-state index contributed by atoms with van der Waals surface area (Å²) in [6, 6.07) is 0.523. The molecule has 0 spiro atoms. The van der Waals surface area contributed by atoms with Crippen LogP contribution in [0.15, 0.2) is 0 Å². The lowest BCUT2D eigenvalue weighted by atomic mass is 10.1. The SMILES string of the molecule is COC(=O)C(O)CCC1CCCN1C. The van der Waals surface area contributed by atoms with Gasteiger partial charge in [0.25, 0.3) is 0 Å². The van der Waals surface area contributed by atoms with Crippen molar-refractivity contribution in [1.29, 1.82) is 0 Å². The molecule has 0 aliphatic carbocycles. The molecule has 1 saturated heterocycles. The van der Waals surface area contributed by atoms with Crippen molar-refractivity contribution in [2.75, 3.05) is 20.7 Å². The third-order valence-corrected chi connectivity index (χ3v) is 2.92. The highest BCUT2D eigenvalue weighted by molar-refractivity contribution is 5.74. The van der Waals surface area contributed by atoms with Gasteiger partial charge in [-0.3, -0.25) is 0 Å². The van der Waals surface area contributed by atoms with Crippen LogP contribution in [0, 0.1) is 0 Å². The number of carbonyl (C=O) groups excluding carboxylic acids is 1. The molecule has 0 bridgehead atoms. The van der Waals surface area contributed by atoms with Gasteiger partial charge >= 0.3 is 5.97 Å². The van der Waals surface area contributed by atoms with Crippen LogP contribution in [0.1, 0.15) is 25.7 Å². The third-order valence-electron chi connectivity index (χ3n) is 2.92. The molecule has 0 saturated carbocycles. The highest BCUT2D eigenvalue weighted by Gasteiger charge is 2.23. The Morgan fingerprint density at radius 2 is 2.43 bits per heavy atom. The molecule has 0 amide bonds. The second-order valence-electron chi connectivity index (χ2n) is 3.89. The maximum absolute atomic E-state index is 10.9. The molecule has 1 N–H and O–H groups in total. The van der Waals surface area contributed by atoms with E-state index in [1.165, 1.54) is 20.0 Å². The predicted octanol–water partition coefficient (Wildman–Crippen LogP) is 0.395. The number of ether oxygens (including phenoxy) is 1. The van der Waals surface area contributed by atoms with E-state index in [2.05, 4.69) is 16.7 Å². The van der Waals surface area contributed by atoms with Crippen molar-refractivity contribution in [3.8, 4) is 0 Å². The van der Waals surface area contributed by atoms with Crippen LogP contribution in [0.4, 0.5) is 0 Å². The van der Waals surface area contributed by atoms with Gasteiger partial charge in [0.05, 0.1) is 7.11 Å². The van der Waals surface area contributed by atoms with Crippen LogP contribution in [0.25, 0.3) is 0 Å². The number of carbonyl (C=O) groups is 1. The van der Waals surface area contributed by atoms with Crippen LogP contribution < -0.4 is 0 Å². The molecule has 82 valence electrons. The Morgan fingerprint density at radius 3 is 2.93 bits per heavy atom. The molecule has 1 rings (SSSR count). The molecule has 0 aromatic rings. The molecule has 1 heterocycles. The summed E-state index contributed by atoms with van der Waals surface area (Å²) in [6.07, 6.45) is 2.81. The number of esters is 1. The summed E-state index contributed by atoms with van der Waals surface area (Å²) < 4.78 is 4.45. The highest BCUT2D eigenvalue weighted by Crippen LogP contribution is 2.19. The van der Waals surface area contributed by atoms with Crippen LogP contribution >= 0.6 is 0 Å². The fraction of sp³-hybridized carbons (Fsp3) is 0.900. The number of aliphatic hydroxyl groups excluding tert-OH is 1. The van der Waals surface area contributed by atoms with E-state index >= 15 is 0 Å². The predicted molar refractivity (Wildman–Crippen MR) is 52.9 cm³/mol. The van der Waals surface area contributed by atoms with Gasteiger partial charge in [-0.15, -0.1) is 0 Å². The Kier molecular flexibility index (Phi) is 4.35. The van der Waals surface area contributed by atoms with Gasteiger partial charge in [-0.05, 0) is 39.3 Å². The van der Waals surface area contributed by atoms with Gasteiger partial charge in [-0.2, -0.15) is 0 Å². The van der Waals surface area contributed by atoms with Crippen LogP contribution in [-0.4, -0.2) is 48.8 Å². The zero-order valence-electron chi connectivity index (χ0n) is 8.90. The summed E-state index contributed by atoms with van der Waals surface area (Å²) in [4.78, 5) is 13.2. The van der Waals surface area contributed by atoms with E-state index in [0.717, 1.165) is 13.0 Å². The molecular weight excluding hydrogens is 182 g/mol. The Labute approximate surface area is 84.8 Å². The fourth-order valence-corrected chi connectivity index (χ4v) is 1.95. The molecular formula is C10H19NO3. The topological polar surface area (TPSA) is 49.8 Å². The summed E-state index contributed by atoms with van der Waals surface area (Å²) in [7, 11) is 3.38. The lowest BCUT2D eigenvalue weighted by molar-refractivity contribution is -0.150. The first-order valence-electron chi connectivity index (χ1n) is 5.11. The van der Waals surface area contributed by atoms with Gasteiger partial charge in [0.2, 0.25) is 0 Å². The maximum atomic E-state index is 10.9. The molecule has 0 radical (unpaired) electrons. The van der Waals surface area contributed by atoms with Crippen molar-refractivity contribution in [1.82, 2.24) is 4.90 Å². The Morgan fingerprint density at radius 1 is 1.71 bits per heavy atom. The minimum absolute atomic E-state index is 0.502. The van der Waals surface area contributed by atoms with E-state index in [1.807, 2.05) is 0 Å². The van der Waals surface area contributed by atoms with E-state index in [4.69, 9.17) is 0 Å². The van der Waals surface area contributed by atoms with E-state index in [-0.39, 0.29) is 0 Å². The van der Waals surface area contributed by atoms with E-state index < -0.39 is 12.1 Å². The standard InChI is InChI=1S/C10H19NO3/c1-11-7-3-4-8(11)5-6-9(12)10(13)14-2/h8-9,12H,3-7H2,1-2H3. The van der Waals surface area contributed by atoms with Crippen LogP contribution in [0.2, 0.25) is 0 Å². The summed E-state index contributed by atoms with van der Waals surface area (Å²) >= 11 is 0. The summed E-state index contributed by atoms with van der Waals surface area (Å²) in [5.41, 5.74) is 0. The molecule has 1 fully saturated rings. The largest absolute Gasteiger partial charge is 0.467 e. The van der Waals surface area contributed by atoms with Crippen LogP contribution in [0.3, 0.4) is 0 Å². The van der Waals surface area contributed by atoms with E-state index in [9.17, 15) is 9.90 Å². The minimum atomic E-state index is -0.950. The molecule has 2 atom stereocenters. The van der Waals surface area contributed by atoms with Crippen molar-refractivity contribution in [3.63, 3.8) is 0 Å². The molecule has 1 aliphatic rings. The number of hydrogen-bond acceptors (Lipinski definition) is 4. The first kappa shape index (κ1) is 11.5. The average Bonchev–Trinajstić information content (AvgIpc) is 2.59. The smallest absolute Gasteiger partial charge is 0.334 e. The number of rotatable bonds is 4. The van der Waals surface area contributed by atoms with Crippen molar-refractivity contribution < 1.29 is 14.6 Å². The van der Waals surface area contributed by atoms with Crippen molar-refractivity contribution >= 4 is 5.97 Å². The molecule has 14 heavy (non-hydrogen) atoms. The number of aliphatic hydroxyl groups is 1. The lowest BCUT2D eigenvalue weighted by Gasteiger charge is -2.19. The normalized spacial score (nSPS) is 24.9. The average molecular weight is 201 g/mol. The molecule has 0 aromatic heterocycles. The fourth-order valence-electron chi connectivity index (χ4n) is 1.95. The van der Waals surface area contributed by atoms with Crippen molar-refractivity contribution in [2.24, 2.45) is 0 Å². The first-order chi connectivity index (χ1) is 6.65. The monoisotopic (exact) mass is 201 g/mol. The van der Waals surface area contributed by atoms with Gasteiger partial charge in [0, 0.05) is 6.04 Å². The lowest BCUT2D eigenvalue weighted by Crippen LogP contribution is -2.28. The van der Waals surface area contributed by atoms with Crippen LogP contribution in [0.5, 0.6) is 0 Å². The summed E-state index contributed by atoms with van der Waals surface area (Å²) in [6.45, 7) is 1.12. The maximum Gasteiger partial charge on any atom is 0.334 e. The molecule has 4 nitrogen and oxygen atoms in total. The Balaban J connectivity index is 2.22. The van der Waals surface area contributed by atoms with E-state index in [1.54, 1.807) is 0 Å². The third kappa shape index (κ3) is 2.96. The number of likely N-dealkylation sites (tertiary alicyclic amines) is 1. The molecule has 2 unspecified atom stereocenters. The van der Waals surface area contributed by atoms with E-state index in [0.29, 0.717) is 12.5 Å². The van der Waals surface area contributed by atoms with Gasteiger partial charge in [-0.1, -0.05) is 0 Å². The second kappa shape index (κ2) is 5.32. The van der Waals surface area contributed by atoms with Gasteiger partial charge < -0.3 is 14.7 Å². The zero-order valence-corrected chi connectivity index (χ0v) is 8.90. The Hall–Kier alpha value is -0.610. The Bertz CT molecular complexity index is 196.